The molecule has 1 radical (unpaired) electrons. The van der Waals surface area contributed by atoms with Gasteiger partial charge in [0.2, 0.25) is 5.91 Å². The molecule has 1 aliphatic heterocycles. The molecule has 2 rings (SSSR count). The summed E-state index contributed by atoms with van der Waals surface area (Å²) in [7, 11) is 0. The van der Waals surface area contributed by atoms with Gasteiger partial charge in [0, 0.05) is 25.2 Å². The number of piperidine rings is 1. The van der Waals surface area contributed by atoms with E-state index in [1.54, 1.807) is 18.3 Å². The average molecular weight is 276 g/mol. The summed E-state index contributed by atoms with van der Waals surface area (Å²) in [6, 6.07) is 6.26. The van der Waals surface area contributed by atoms with Crippen molar-refractivity contribution < 1.29 is 9.53 Å². The third kappa shape index (κ3) is 3.70. The zero-order chi connectivity index (χ0) is 14.8. The van der Waals surface area contributed by atoms with Crippen LogP contribution in [-0.4, -0.2) is 35.2 Å². The Labute approximate surface area is 120 Å². The first kappa shape index (κ1) is 14.8. The maximum absolute atomic E-state index is 11.7. The fourth-order valence-corrected chi connectivity index (χ4v) is 2.54. The molecule has 1 fully saturated rings. The quantitative estimate of drug-likeness (QED) is 0.909. The third-order valence-electron chi connectivity index (χ3n) is 3.27. The number of amides is 1. The Bertz CT molecular complexity index is 456. The van der Waals surface area contributed by atoms with Crippen molar-refractivity contribution in [1.29, 1.82) is 0 Å². The van der Waals surface area contributed by atoms with Gasteiger partial charge in [0.1, 0.15) is 11.9 Å². The van der Waals surface area contributed by atoms with Gasteiger partial charge in [-0.15, -0.1) is 0 Å². The van der Waals surface area contributed by atoms with Crippen molar-refractivity contribution in [3.05, 3.63) is 24.4 Å². The second-order valence-electron chi connectivity index (χ2n) is 6.09. The second-order valence-corrected chi connectivity index (χ2v) is 6.09. The van der Waals surface area contributed by atoms with Gasteiger partial charge in [-0.25, -0.2) is 4.98 Å². The summed E-state index contributed by atoms with van der Waals surface area (Å²) < 4.78 is 5.98. The number of carbonyl (C=O) groups is 1. The first-order valence-electron chi connectivity index (χ1n) is 6.93. The smallest absolute Gasteiger partial charge is 0.240 e. The number of ether oxygens (including phenoxy) is 1. The van der Waals surface area contributed by atoms with Crippen molar-refractivity contribution in [2.75, 3.05) is 11.4 Å². The second kappa shape index (κ2) is 5.79. The number of primary amides is 1. The highest BCUT2D eigenvalue weighted by Gasteiger charge is 2.35. The third-order valence-corrected chi connectivity index (χ3v) is 3.27. The van der Waals surface area contributed by atoms with E-state index in [1.165, 1.54) is 0 Å². The van der Waals surface area contributed by atoms with Crippen LogP contribution < -0.4 is 10.6 Å². The summed E-state index contributed by atoms with van der Waals surface area (Å²) in [5, 5.41) is 0. The molecule has 2 heterocycles. The van der Waals surface area contributed by atoms with E-state index in [0.29, 0.717) is 18.8 Å². The standard InChI is InChI=1S/C15H22N3O2/c1-15(2,3)20-11-7-9-18(12(10-11)14(16)19)13-6-4-5-8-17-13/h4-5,8,11-12H,7,9-10H2,1-3H3,(H2,16,19). The molecule has 1 aromatic rings. The average Bonchev–Trinajstić information content (AvgIpc) is 2.37. The van der Waals surface area contributed by atoms with Crippen molar-refractivity contribution in [3.63, 3.8) is 0 Å². The molecule has 0 bridgehead atoms. The summed E-state index contributed by atoms with van der Waals surface area (Å²) in [5.41, 5.74) is 5.33. The number of nitrogens with zero attached hydrogens (tertiary/aromatic N) is 2. The highest BCUT2D eigenvalue weighted by Crippen LogP contribution is 2.27. The van der Waals surface area contributed by atoms with Crippen LogP contribution in [0.5, 0.6) is 0 Å². The van der Waals surface area contributed by atoms with E-state index in [-0.39, 0.29) is 23.7 Å². The number of hydrogen-bond donors (Lipinski definition) is 1. The van der Waals surface area contributed by atoms with Crippen molar-refractivity contribution in [2.24, 2.45) is 5.73 Å². The molecule has 5 heteroatoms. The van der Waals surface area contributed by atoms with E-state index in [4.69, 9.17) is 10.5 Å². The number of pyridine rings is 1. The van der Waals surface area contributed by atoms with E-state index in [2.05, 4.69) is 11.1 Å². The van der Waals surface area contributed by atoms with Gasteiger partial charge in [-0.2, -0.15) is 0 Å². The van der Waals surface area contributed by atoms with Gasteiger partial charge in [0.25, 0.3) is 0 Å². The van der Waals surface area contributed by atoms with Crippen molar-refractivity contribution in [2.45, 2.75) is 51.4 Å². The van der Waals surface area contributed by atoms with Crippen LogP contribution in [0.4, 0.5) is 5.82 Å². The van der Waals surface area contributed by atoms with Gasteiger partial charge in [-0.1, -0.05) is 0 Å². The van der Waals surface area contributed by atoms with Crippen molar-refractivity contribution >= 4 is 11.7 Å². The van der Waals surface area contributed by atoms with Gasteiger partial charge < -0.3 is 15.4 Å². The molecule has 2 atom stereocenters. The minimum Gasteiger partial charge on any atom is -0.372 e. The minimum absolute atomic E-state index is 0.0486. The Morgan fingerprint density at radius 2 is 2.30 bits per heavy atom. The Kier molecular flexibility index (Phi) is 4.28. The van der Waals surface area contributed by atoms with Crippen LogP contribution in [0.15, 0.2) is 18.3 Å². The summed E-state index contributed by atoms with van der Waals surface area (Å²) in [4.78, 5) is 17.9. The van der Waals surface area contributed by atoms with Gasteiger partial charge in [-0.05, 0) is 39.3 Å². The SMILES string of the molecule is CC(C)(C)OC1CCN(c2[c]cccn2)C(C(N)=O)C1. The summed E-state index contributed by atoms with van der Waals surface area (Å²) in [5.74, 6) is 0.330. The Balaban J connectivity index is 2.12. The Morgan fingerprint density at radius 1 is 1.55 bits per heavy atom. The topological polar surface area (TPSA) is 68.4 Å². The number of aromatic nitrogens is 1. The number of anilines is 1. The van der Waals surface area contributed by atoms with Crippen LogP contribution in [-0.2, 0) is 9.53 Å². The van der Waals surface area contributed by atoms with Crippen molar-refractivity contribution in [3.8, 4) is 0 Å². The van der Waals surface area contributed by atoms with Crippen LogP contribution in [0, 0.1) is 6.07 Å². The normalized spacial score (nSPS) is 23.6. The number of nitrogens with two attached hydrogens (primary N) is 1. The zero-order valence-corrected chi connectivity index (χ0v) is 12.3. The van der Waals surface area contributed by atoms with E-state index in [1.807, 2.05) is 25.7 Å². The monoisotopic (exact) mass is 276 g/mol. The molecule has 1 aliphatic rings. The summed E-state index contributed by atoms with van der Waals surface area (Å²) in [6.07, 6.45) is 3.19. The number of carbonyl (C=O) groups excluding carboxylic acids is 1. The molecule has 0 aromatic carbocycles. The zero-order valence-electron chi connectivity index (χ0n) is 12.3. The van der Waals surface area contributed by atoms with Gasteiger partial charge in [0.15, 0.2) is 0 Å². The lowest BCUT2D eigenvalue weighted by molar-refractivity contribution is -0.123. The van der Waals surface area contributed by atoms with Crippen LogP contribution >= 0.6 is 0 Å². The van der Waals surface area contributed by atoms with Gasteiger partial charge >= 0.3 is 0 Å². The fraction of sp³-hybridized carbons (Fsp3) is 0.600. The maximum Gasteiger partial charge on any atom is 0.240 e. The van der Waals surface area contributed by atoms with E-state index >= 15 is 0 Å². The first-order chi connectivity index (χ1) is 9.37. The molecule has 2 unspecified atom stereocenters. The molecule has 1 aromatic heterocycles. The largest absolute Gasteiger partial charge is 0.372 e. The Morgan fingerprint density at radius 3 is 2.85 bits per heavy atom. The molecule has 1 amide bonds. The van der Waals surface area contributed by atoms with E-state index in [9.17, 15) is 4.79 Å². The maximum atomic E-state index is 11.7. The lowest BCUT2D eigenvalue weighted by atomic mass is 9.97. The lowest BCUT2D eigenvalue weighted by Crippen LogP contribution is -2.53. The first-order valence-corrected chi connectivity index (χ1v) is 6.93. The van der Waals surface area contributed by atoms with Crippen LogP contribution in [0.25, 0.3) is 0 Å². The summed E-state index contributed by atoms with van der Waals surface area (Å²) >= 11 is 0. The lowest BCUT2D eigenvalue weighted by Gasteiger charge is -2.40. The van der Waals surface area contributed by atoms with Crippen LogP contribution in [0.2, 0.25) is 0 Å². The number of rotatable bonds is 3. The molecular weight excluding hydrogens is 254 g/mol. The molecule has 0 aliphatic carbocycles. The Hall–Kier alpha value is -1.62. The van der Waals surface area contributed by atoms with E-state index < -0.39 is 0 Å². The molecule has 20 heavy (non-hydrogen) atoms. The molecular formula is C15H22N3O2. The molecule has 0 saturated carbocycles. The summed E-state index contributed by atoms with van der Waals surface area (Å²) in [6.45, 7) is 6.75. The van der Waals surface area contributed by atoms with Crippen LogP contribution in [0.3, 0.4) is 0 Å². The van der Waals surface area contributed by atoms with Crippen molar-refractivity contribution in [1.82, 2.24) is 4.98 Å². The molecule has 1 saturated heterocycles. The predicted octanol–water partition coefficient (Wildman–Crippen LogP) is 1.52. The highest BCUT2D eigenvalue weighted by molar-refractivity contribution is 5.83. The number of hydrogen-bond acceptors (Lipinski definition) is 4. The van der Waals surface area contributed by atoms with Crippen LogP contribution in [0.1, 0.15) is 33.6 Å². The molecule has 2 N–H and O–H groups in total. The molecule has 5 nitrogen and oxygen atoms in total. The molecule has 0 spiro atoms. The predicted molar refractivity (Wildman–Crippen MR) is 77.3 cm³/mol. The molecule has 109 valence electrons. The van der Waals surface area contributed by atoms with Gasteiger partial charge in [0.05, 0.1) is 11.7 Å². The van der Waals surface area contributed by atoms with E-state index in [0.717, 1.165) is 6.42 Å². The fourth-order valence-electron chi connectivity index (χ4n) is 2.54. The highest BCUT2D eigenvalue weighted by atomic mass is 16.5. The van der Waals surface area contributed by atoms with Gasteiger partial charge in [-0.3, -0.25) is 4.79 Å². The minimum atomic E-state index is -0.387.